The van der Waals surface area contributed by atoms with Crippen molar-refractivity contribution in [3.05, 3.63) is 54.6 Å². The highest BCUT2D eigenvalue weighted by Crippen LogP contribution is 2.45. The maximum Gasteiger partial charge on any atom is 0.311 e. The van der Waals surface area contributed by atoms with Gasteiger partial charge in [0.25, 0.3) is 0 Å². The van der Waals surface area contributed by atoms with Crippen molar-refractivity contribution < 1.29 is 23.9 Å². The minimum atomic E-state index is -0.688. The molecule has 4 rings (SSSR count). The molecule has 2 aliphatic rings. The lowest BCUT2D eigenvalue weighted by molar-refractivity contribution is -0.218. The van der Waals surface area contributed by atoms with Gasteiger partial charge in [-0.15, -0.1) is 6.58 Å². The van der Waals surface area contributed by atoms with Crippen LogP contribution in [0.5, 0.6) is 5.75 Å². The van der Waals surface area contributed by atoms with Crippen molar-refractivity contribution in [2.45, 2.75) is 31.3 Å². The molecule has 2 aromatic rings. The van der Waals surface area contributed by atoms with Gasteiger partial charge in [0, 0.05) is 31.6 Å². The largest absolute Gasteiger partial charge is 0.496 e. The number of rotatable bonds is 7. The summed E-state index contributed by atoms with van der Waals surface area (Å²) in [6, 6.07) is 12.4. The summed E-state index contributed by atoms with van der Waals surface area (Å²) in [6.45, 7) is 6.07. The van der Waals surface area contributed by atoms with Gasteiger partial charge in [-0.1, -0.05) is 36.4 Å². The Morgan fingerprint density at radius 1 is 1.19 bits per heavy atom. The minimum absolute atomic E-state index is 0.112. The van der Waals surface area contributed by atoms with E-state index in [0.29, 0.717) is 12.8 Å². The van der Waals surface area contributed by atoms with E-state index in [0.717, 1.165) is 30.9 Å². The summed E-state index contributed by atoms with van der Waals surface area (Å²) in [7, 11) is 3.06. The first kappa shape index (κ1) is 22.3. The van der Waals surface area contributed by atoms with E-state index in [1.54, 1.807) is 13.2 Å². The van der Waals surface area contributed by atoms with Gasteiger partial charge in [-0.05, 0) is 29.7 Å². The number of piperidine rings is 1. The predicted octanol–water partition coefficient (Wildman–Crippen LogP) is 3.32. The molecule has 2 saturated heterocycles. The van der Waals surface area contributed by atoms with Gasteiger partial charge >= 0.3 is 5.97 Å². The summed E-state index contributed by atoms with van der Waals surface area (Å²) in [5.41, 5.74) is 0.459. The van der Waals surface area contributed by atoms with E-state index in [9.17, 15) is 9.59 Å². The maximum atomic E-state index is 12.7. The number of methoxy groups -OCH3 is 2. The van der Waals surface area contributed by atoms with Gasteiger partial charge in [0.1, 0.15) is 5.75 Å². The topological polar surface area (TPSA) is 68.3 Å². The average Bonchev–Trinajstić information content (AvgIpc) is 3.09. The quantitative estimate of drug-likeness (QED) is 0.488. The zero-order valence-corrected chi connectivity index (χ0v) is 18.7. The molecule has 0 radical (unpaired) electrons. The lowest BCUT2D eigenvalue weighted by Gasteiger charge is -2.45. The number of carbonyl (C=O) groups excluding carboxylic acids is 2. The van der Waals surface area contributed by atoms with Crippen LogP contribution in [-0.4, -0.2) is 61.3 Å². The molecular weight excluding hydrogens is 408 g/mol. The first-order chi connectivity index (χ1) is 15.5. The number of ether oxygens (including phenoxy) is 2. The van der Waals surface area contributed by atoms with E-state index in [-0.39, 0.29) is 24.9 Å². The van der Waals surface area contributed by atoms with E-state index in [1.807, 2.05) is 18.2 Å². The van der Waals surface area contributed by atoms with E-state index < -0.39 is 11.5 Å². The Labute approximate surface area is 188 Å². The zero-order valence-electron chi connectivity index (χ0n) is 18.7. The summed E-state index contributed by atoms with van der Waals surface area (Å²) in [5.74, 6) is -0.193. The van der Waals surface area contributed by atoms with Crippen LogP contribution in [0.4, 0.5) is 0 Å². The monoisotopic (exact) mass is 438 g/mol. The fourth-order valence-corrected chi connectivity index (χ4v) is 5.15. The Morgan fingerprint density at radius 2 is 1.94 bits per heavy atom. The van der Waals surface area contributed by atoms with Gasteiger partial charge in [-0.3, -0.25) is 19.3 Å². The van der Waals surface area contributed by atoms with Crippen molar-refractivity contribution in [3.63, 3.8) is 0 Å². The molecule has 32 heavy (non-hydrogen) atoms. The van der Waals surface area contributed by atoms with Gasteiger partial charge < -0.3 is 9.47 Å². The Bertz CT molecular complexity index is 1010. The molecule has 7 nitrogen and oxygen atoms in total. The smallest absolute Gasteiger partial charge is 0.311 e. The molecule has 0 bridgehead atoms. The molecule has 2 heterocycles. The number of benzene rings is 2. The maximum absolute atomic E-state index is 12.7. The number of hydrogen-bond donors (Lipinski definition) is 0. The molecule has 1 amide bonds. The summed E-state index contributed by atoms with van der Waals surface area (Å²) < 4.78 is 10.7. The minimum Gasteiger partial charge on any atom is -0.496 e. The van der Waals surface area contributed by atoms with E-state index >= 15 is 0 Å². The van der Waals surface area contributed by atoms with Crippen LogP contribution >= 0.6 is 0 Å². The molecule has 170 valence electrons. The SMILES string of the molecule is C=CCON1C(=O)C[C@H](C(=O)OC)C12CCN(Cc1c(OC)ccc3ccccc13)CC2. The molecule has 2 fully saturated rings. The predicted molar refractivity (Wildman–Crippen MR) is 121 cm³/mol. The third kappa shape index (κ3) is 3.87. The van der Waals surface area contributed by atoms with Crippen LogP contribution in [0.3, 0.4) is 0 Å². The van der Waals surface area contributed by atoms with Gasteiger partial charge in [0.05, 0.1) is 32.3 Å². The van der Waals surface area contributed by atoms with Crippen molar-refractivity contribution in [1.82, 2.24) is 9.96 Å². The standard InChI is InChI=1S/C25H30N2O5/c1-4-15-32-27-23(28)16-21(24(29)31-3)25(27)11-13-26(14-12-25)17-20-19-8-6-5-7-18(19)9-10-22(20)30-2/h4-10,21H,1,11-17H2,2-3H3/t21-/m1/s1. The van der Waals surface area contributed by atoms with Crippen LogP contribution in [0.1, 0.15) is 24.8 Å². The highest BCUT2D eigenvalue weighted by Gasteiger charge is 2.58. The second-order valence-electron chi connectivity index (χ2n) is 8.40. The Kier molecular flexibility index (Phi) is 6.48. The van der Waals surface area contributed by atoms with Gasteiger partial charge in [0.15, 0.2) is 0 Å². The van der Waals surface area contributed by atoms with Crippen LogP contribution < -0.4 is 4.74 Å². The normalized spacial score (nSPS) is 20.6. The van der Waals surface area contributed by atoms with Crippen LogP contribution in [-0.2, 0) is 25.7 Å². The highest BCUT2D eigenvalue weighted by molar-refractivity contribution is 5.89. The average molecular weight is 439 g/mol. The highest BCUT2D eigenvalue weighted by atomic mass is 16.7. The van der Waals surface area contributed by atoms with E-state index in [2.05, 4.69) is 29.7 Å². The number of fused-ring (bicyclic) bond motifs is 1. The van der Waals surface area contributed by atoms with E-state index in [1.165, 1.54) is 22.9 Å². The van der Waals surface area contributed by atoms with Crippen LogP contribution in [0.25, 0.3) is 10.8 Å². The van der Waals surface area contributed by atoms with Crippen molar-refractivity contribution in [3.8, 4) is 5.75 Å². The fourth-order valence-electron chi connectivity index (χ4n) is 5.15. The van der Waals surface area contributed by atoms with Crippen molar-refractivity contribution >= 4 is 22.6 Å². The Morgan fingerprint density at radius 3 is 2.62 bits per heavy atom. The zero-order chi connectivity index (χ0) is 22.7. The fraction of sp³-hybridized carbons (Fsp3) is 0.440. The summed E-state index contributed by atoms with van der Waals surface area (Å²) in [6.07, 6.45) is 2.97. The molecule has 0 N–H and O–H groups in total. The molecular formula is C25H30N2O5. The molecule has 0 saturated carbocycles. The van der Waals surface area contributed by atoms with Crippen LogP contribution in [0, 0.1) is 5.92 Å². The van der Waals surface area contributed by atoms with Crippen LogP contribution in [0.2, 0.25) is 0 Å². The third-order valence-corrected chi connectivity index (χ3v) is 6.79. The number of hydrogen-bond acceptors (Lipinski definition) is 6. The molecule has 1 atom stereocenters. The molecule has 2 aromatic carbocycles. The molecule has 2 aliphatic heterocycles. The second-order valence-corrected chi connectivity index (χ2v) is 8.40. The number of esters is 1. The van der Waals surface area contributed by atoms with E-state index in [4.69, 9.17) is 14.3 Å². The molecule has 1 spiro atoms. The first-order valence-corrected chi connectivity index (χ1v) is 11.0. The second kappa shape index (κ2) is 9.30. The summed E-state index contributed by atoms with van der Waals surface area (Å²) >= 11 is 0. The van der Waals surface area contributed by atoms with Crippen molar-refractivity contribution in [1.29, 1.82) is 0 Å². The Hall–Kier alpha value is -2.90. The van der Waals surface area contributed by atoms with Gasteiger partial charge in [-0.25, -0.2) is 5.06 Å². The molecule has 0 aromatic heterocycles. The van der Waals surface area contributed by atoms with Crippen molar-refractivity contribution in [2.24, 2.45) is 5.92 Å². The number of hydroxylamine groups is 2. The van der Waals surface area contributed by atoms with Gasteiger partial charge in [0.2, 0.25) is 5.91 Å². The number of nitrogens with zero attached hydrogens (tertiary/aromatic N) is 2. The van der Waals surface area contributed by atoms with Crippen LogP contribution in [0.15, 0.2) is 49.1 Å². The summed E-state index contributed by atoms with van der Waals surface area (Å²) in [4.78, 5) is 33.4. The summed E-state index contributed by atoms with van der Waals surface area (Å²) in [5, 5.41) is 3.78. The van der Waals surface area contributed by atoms with Crippen molar-refractivity contribution in [2.75, 3.05) is 33.9 Å². The molecule has 7 heteroatoms. The Balaban J connectivity index is 1.57. The number of likely N-dealkylation sites (tertiary alicyclic amines) is 1. The molecule has 0 aliphatic carbocycles. The van der Waals surface area contributed by atoms with Gasteiger partial charge in [-0.2, -0.15) is 0 Å². The number of carbonyl (C=O) groups is 2. The third-order valence-electron chi connectivity index (χ3n) is 6.79. The molecule has 0 unspecified atom stereocenters. The lowest BCUT2D eigenvalue weighted by Crippen LogP contribution is -2.57. The number of amides is 1. The lowest BCUT2D eigenvalue weighted by atomic mass is 9.77. The first-order valence-electron chi connectivity index (χ1n) is 11.0.